The van der Waals surface area contributed by atoms with Crippen LogP contribution in [0.25, 0.3) is 0 Å². The monoisotopic (exact) mass is 361 g/mol. The van der Waals surface area contributed by atoms with Crippen molar-refractivity contribution in [2.75, 3.05) is 6.54 Å². The molecule has 1 aliphatic rings. The topological polar surface area (TPSA) is 74.7 Å². The smallest absolute Gasteiger partial charge is 0.335 e. The predicted octanol–water partition coefficient (Wildman–Crippen LogP) is 2.71. The fraction of sp³-hybridized carbons (Fsp3) is 0.462. The van der Waals surface area contributed by atoms with Gasteiger partial charge in [0.2, 0.25) is 10.0 Å². The molecule has 1 saturated heterocycles. The largest absolute Gasteiger partial charge is 0.478 e. The number of nitrogens with zero attached hydrogens (tertiary/aromatic N) is 1. The minimum atomic E-state index is -3.71. The van der Waals surface area contributed by atoms with Crippen molar-refractivity contribution in [1.82, 2.24) is 4.31 Å². The Bertz CT molecular complexity index is 654. The highest BCUT2D eigenvalue weighted by Gasteiger charge is 2.41. The lowest BCUT2D eigenvalue weighted by Crippen LogP contribution is -2.42. The number of carboxylic acid groups (broad SMARTS) is 1. The summed E-state index contributed by atoms with van der Waals surface area (Å²) in [6.07, 6.45) is 1.60. The molecule has 5 nitrogen and oxygen atoms in total. The second kappa shape index (κ2) is 5.13. The van der Waals surface area contributed by atoms with E-state index in [-0.39, 0.29) is 10.5 Å². The van der Waals surface area contributed by atoms with Crippen LogP contribution >= 0.6 is 15.9 Å². The molecular formula is C13H16BrNO4S. The Morgan fingerprint density at radius 3 is 2.55 bits per heavy atom. The molecule has 0 atom stereocenters. The molecule has 2 rings (SSSR count). The van der Waals surface area contributed by atoms with Crippen LogP contribution in [0, 0.1) is 0 Å². The highest BCUT2D eigenvalue weighted by atomic mass is 79.9. The van der Waals surface area contributed by atoms with Gasteiger partial charge in [-0.2, -0.15) is 4.31 Å². The Morgan fingerprint density at radius 1 is 1.40 bits per heavy atom. The number of aromatic carboxylic acids is 1. The lowest BCUT2D eigenvalue weighted by molar-refractivity contribution is 0.0696. The molecule has 7 heteroatoms. The number of carbonyl (C=O) groups is 1. The third-order valence-corrected chi connectivity index (χ3v) is 6.68. The van der Waals surface area contributed by atoms with Gasteiger partial charge in [-0.05, 0) is 60.8 Å². The van der Waals surface area contributed by atoms with Gasteiger partial charge in [0.25, 0.3) is 0 Å². The van der Waals surface area contributed by atoms with Gasteiger partial charge in [-0.1, -0.05) is 0 Å². The van der Waals surface area contributed by atoms with E-state index < -0.39 is 21.5 Å². The van der Waals surface area contributed by atoms with E-state index in [1.807, 2.05) is 13.8 Å². The first-order chi connectivity index (χ1) is 9.16. The zero-order valence-electron chi connectivity index (χ0n) is 11.3. The molecular weight excluding hydrogens is 346 g/mol. The van der Waals surface area contributed by atoms with Gasteiger partial charge in [-0.25, -0.2) is 13.2 Å². The SMILES string of the molecule is CC1(C)CCCN1S(=O)(=O)c1cc(C(=O)O)ccc1Br. The van der Waals surface area contributed by atoms with E-state index in [9.17, 15) is 13.2 Å². The molecule has 0 unspecified atom stereocenters. The highest BCUT2D eigenvalue weighted by molar-refractivity contribution is 9.10. The molecule has 1 heterocycles. The van der Waals surface area contributed by atoms with Crippen molar-refractivity contribution in [3.63, 3.8) is 0 Å². The van der Waals surface area contributed by atoms with Crippen molar-refractivity contribution in [3.8, 4) is 0 Å². The van der Waals surface area contributed by atoms with E-state index in [0.29, 0.717) is 11.0 Å². The number of benzene rings is 1. The second-order valence-corrected chi connectivity index (χ2v) is 8.13. The van der Waals surface area contributed by atoms with Crippen LogP contribution < -0.4 is 0 Å². The van der Waals surface area contributed by atoms with Gasteiger partial charge in [-0.15, -0.1) is 0 Å². The normalized spacial score (nSPS) is 19.1. The lowest BCUT2D eigenvalue weighted by atomic mass is 10.0. The first kappa shape index (κ1) is 15.5. The quantitative estimate of drug-likeness (QED) is 0.897. The molecule has 0 radical (unpaired) electrons. The average Bonchev–Trinajstić information content (AvgIpc) is 2.69. The maximum atomic E-state index is 12.7. The Kier molecular flexibility index (Phi) is 3.96. The Balaban J connectivity index is 2.55. The summed E-state index contributed by atoms with van der Waals surface area (Å²) in [5.74, 6) is -1.14. The summed E-state index contributed by atoms with van der Waals surface area (Å²) >= 11 is 3.20. The molecule has 0 aromatic heterocycles. The number of carboxylic acids is 1. The number of rotatable bonds is 3. The molecule has 0 aliphatic carbocycles. The third kappa shape index (κ3) is 2.62. The molecule has 1 N–H and O–H groups in total. The van der Waals surface area contributed by atoms with Gasteiger partial charge in [0.05, 0.1) is 10.5 Å². The van der Waals surface area contributed by atoms with Gasteiger partial charge in [0.1, 0.15) is 0 Å². The van der Waals surface area contributed by atoms with Crippen LogP contribution in [0.15, 0.2) is 27.6 Å². The summed E-state index contributed by atoms with van der Waals surface area (Å²) in [4.78, 5) is 11.0. The molecule has 110 valence electrons. The second-order valence-electron chi connectivity index (χ2n) is 5.44. The summed E-state index contributed by atoms with van der Waals surface area (Å²) in [5, 5.41) is 9.01. The van der Waals surface area contributed by atoms with Crippen LogP contribution in [0.1, 0.15) is 37.0 Å². The van der Waals surface area contributed by atoms with Crippen LogP contribution in [0.5, 0.6) is 0 Å². The minimum absolute atomic E-state index is 0.00683. The van der Waals surface area contributed by atoms with Crippen LogP contribution in [-0.4, -0.2) is 35.9 Å². The number of hydrogen-bond acceptors (Lipinski definition) is 3. The van der Waals surface area contributed by atoms with Gasteiger partial charge in [0.15, 0.2) is 0 Å². The van der Waals surface area contributed by atoms with Gasteiger partial charge in [0, 0.05) is 16.6 Å². The van der Waals surface area contributed by atoms with Crippen molar-refractivity contribution >= 4 is 31.9 Å². The first-order valence-corrected chi connectivity index (χ1v) is 8.45. The van der Waals surface area contributed by atoms with Gasteiger partial charge >= 0.3 is 5.97 Å². The van der Waals surface area contributed by atoms with E-state index in [1.165, 1.54) is 22.5 Å². The van der Waals surface area contributed by atoms with Crippen molar-refractivity contribution in [1.29, 1.82) is 0 Å². The summed E-state index contributed by atoms with van der Waals surface area (Å²) in [5.41, 5.74) is -0.485. The number of halogens is 1. The Morgan fingerprint density at radius 2 is 2.05 bits per heavy atom. The standard InChI is InChI=1S/C13H16BrNO4S/c1-13(2)6-3-7-15(13)20(18,19)11-8-9(12(16)17)4-5-10(11)14/h4-5,8H,3,6-7H2,1-2H3,(H,16,17). The van der Waals surface area contributed by atoms with Gasteiger partial charge in [-0.3, -0.25) is 0 Å². The fourth-order valence-corrected chi connectivity index (χ4v) is 5.28. The first-order valence-electron chi connectivity index (χ1n) is 6.22. The summed E-state index contributed by atoms with van der Waals surface area (Å²) in [6, 6.07) is 4.04. The highest BCUT2D eigenvalue weighted by Crippen LogP contribution is 2.36. The van der Waals surface area contributed by atoms with E-state index in [2.05, 4.69) is 15.9 Å². The van der Waals surface area contributed by atoms with Crippen LogP contribution in [0.2, 0.25) is 0 Å². The molecule has 1 fully saturated rings. The Labute approximate surface area is 126 Å². The van der Waals surface area contributed by atoms with E-state index in [4.69, 9.17) is 5.11 Å². The predicted molar refractivity (Wildman–Crippen MR) is 78.3 cm³/mol. The van der Waals surface area contributed by atoms with Crippen molar-refractivity contribution in [3.05, 3.63) is 28.2 Å². The van der Waals surface area contributed by atoms with Crippen molar-refractivity contribution in [2.45, 2.75) is 37.1 Å². The lowest BCUT2D eigenvalue weighted by Gasteiger charge is -2.30. The third-order valence-electron chi connectivity index (χ3n) is 3.57. The molecule has 0 saturated carbocycles. The molecule has 1 aromatic carbocycles. The molecule has 0 amide bonds. The number of hydrogen-bond donors (Lipinski definition) is 1. The Hall–Kier alpha value is -0.920. The molecule has 0 spiro atoms. The maximum absolute atomic E-state index is 12.7. The van der Waals surface area contributed by atoms with Gasteiger partial charge < -0.3 is 5.11 Å². The minimum Gasteiger partial charge on any atom is -0.478 e. The summed E-state index contributed by atoms with van der Waals surface area (Å²) in [6.45, 7) is 4.22. The van der Waals surface area contributed by atoms with Crippen molar-refractivity contribution in [2.24, 2.45) is 0 Å². The number of sulfonamides is 1. The zero-order chi connectivity index (χ0) is 15.1. The van der Waals surface area contributed by atoms with Crippen LogP contribution in [0.3, 0.4) is 0 Å². The maximum Gasteiger partial charge on any atom is 0.335 e. The van der Waals surface area contributed by atoms with E-state index in [0.717, 1.165) is 12.8 Å². The zero-order valence-corrected chi connectivity index (χ0v) is 13.7. The summed E-state index contributed by atoms with van der Waals surface area (Å²) < 4.78 is 27.3. The van der Waals surface area contributed by atoms with E-state index >= 15 is 0 Å². The van der Waals surface area contributed by atoms with Crippen LogP contribution in [-0.2, 0) is 10.0 Å². The fourth-order valence-electron chi connectivity index (χ4n) is 2.48. The van der Waals surface area contributed by atoms with E-state index in [1.54, 1.807) is 0 Å². The average molecular weight is 362 g/mol. The molecule has 1 aromatic rings. The van der Waals surface area contributed by atoms with Crippen molar-refractivity contribution < 1.29 is 18.3 Å². The molecule has 1 aliphatic heterocycles. The molecule has 0 bridgehead atoms. The molecule has 20 heavy (non-hydrogen) atoms. The summed E-state index contributed by atoms with van der Waals surface area (Å²) in [7, 11) is -3.71. The van der Waals surface area contributed by atoms with Crippen LogP contribution in [0.4, 0.5) is 0 Å².